The standard InChI is InChI=1S/C26H34N4O7S/c1-5-21(23(31)25(33)30-38(35,36)20-13-9-12-19(15-20)37-4)28-24(32)22(14-17(2)3)29-26(34)27-16-18-10-7-6-8-11-18/h6-13,15,17,21-22H,5,14,16H2,1-4H3,(H,28,32)(H,30,33)(H2,27,29,34)/t21?,22-/m0/s1. The number of ether oxygens (including phenoxy) is 1. The zero-order chi connectivity index (χ0) is 28.3. The first kappa shape index (κ1) is 30.3. The second-order valence-electron chi connectivity index (χ2n) is 8.94. The molecule has 2 rings (SSSR count). The van der Waals surface area contributed by atoms with Gasteiger partial charge in [0.1, 0.15) is 11.8 Å². The summed E-state index contributed by atoms with van der Waals surface area (Å²) < 4.78 is 31.9. The van der Waals surface area contributed by atoms with E-state index in [2.05, 4.69) is 16.0 Å². The zero-order valence-electron chi connectivity index (χ0n) is 21.8. The minimum absolute atomic E-state index is 0.0196. The largest absolute Gasteiger partial charge is 0.497 e. The monoisotopic (exact) mass is 546 g/mol. The van der Waals surface area contributed by atoms with Gasteiger partial charge in [0.25, 0.3) is 10.0 Å². The smallest absolute Gasteiger partial charge is 0.315 e. The minimum Gasteiger partial charge on any atom is -0.497 e. The summed E-state index contributed by atoms with van der Waals surface area (Å²) in [4.78, 5) is 50.4. The molecule has 12 heteroatoms. The number of amides is 4. The van der Waals surface area contributed by atoms with E-state index in [1.807, 2.05) is 44.2 Å². The molecule has 4 N–H and O–H groups in total. The topological polar surface area (TPSA) is 160 Å². The van der Waals surface area contributed by atoms with E-state index in [1.165, 1.54) is 31.4 Å². The third kappa shape index (κ3) is 9.18. The van der Waals surface area contributed by atoms with Crippen molar-refractivity contribution in [3.63, 3.8) is 0 Å². The van der Waals surface area contributed by atoms with Gasteiger partial charge in [-0.05, 0) is 36.5 Å². The lowest BCUT2D eigenvalue weighted by molar-refractivity contribution is -0.139. The molecule has 1 unspecified atom stereocenters. The zero-order valence-corrected chi connectivity index (χ0v) is 22.6. The highest BCUT2D eigenvalue weighted by Gasteiger charge is 2.31. The number of nitrogens with one attached hydrogen (secondary N) is 4. The molecule has 0 saturated heterocycles. The highest BCUT2D eigenvalue weighted by Crippen LogP contribution is 2.17. The van der Waals surface area contributed by atoms with E-state index in [4.69, 9.17) is 4.74 Å². The Hall–Kier alpha value is -3.93. The normalized spacial score (nSPS) is 12.7. The Morgan fingerprint density at radius 3 is 2.21 bits per heavy atom. The SMILES string of the molecule is CCC(NC(=O)[C@H](CC(C)C)NC(=O)NCc1ccccc1)C(=O)C(=O)NS(=O)(=O)c1cccc(OC)c1. The summed E-state index contributed by atoms with van der Waals surface area (Å²) >= 11 is 0. The molecular formula is C26H34N4O7S. The first-order chi connectivity index (χ1) is 18.0. The molecule has 2 aromatic rings. The van der Waals surface area contributed by atoms with Gasteiger partial charge in [0.15, 0.2) is 0 Å². The predicted octanol–water partition coefficient (Wildman–Crippen LogP) is 1.88. The Morgan fingerprint density at radius 1 is 0.921 bits per heavy atom. The van der Waals surface area contributed by atoms with Gasteiger partial charge >= 0.3 is 11.9 Å². The molecule has 11 nitrogen and oxygen atoms in total. The van der Waals surface area contributed by atoms with Gasteiger partial charge in [0, 0.05) is 12.6 Å². The number of carbonyl (C=O) groups is 4. The molecule has 0 aliphatic rings. The Labute approximate surface area is 222 Å². The number of benzene rings is 2. The van der Waals surface area contributed by atoms with Crippen LogP contribution in [0.25, 0.3) is 0 Å². The van der Waals surface area contributed by atoms with E-state index in [0.29, 0.717) is 0 Å². The average molecular weight is 547 g/mol. The molecule has 2 atom stereocenters. The van der Waals surface area contributed by atoms with E-state index in [9.17, 15) is 27.6 Å². The number of sulfonamides is 1. The lowest BCUT2D eigenvalue weighted by Crippen LogP contribution is -2.55. The Kier molecular flexibility index (Phi) is 11.3. The van der Waals surface area contributed by atoms with E-state index in [-0.39, 0.29) is 35.9 Å². The molecule has 0 aromatic heterocycles. The van der Waals surface area contributed by atoms with Crippen molar-refractivity contribution >= 4 is 33.7 Å². The maximum atomic E-state index is 13.0. The molecule has 0 saturated carbocycles. The Morgan fingerprint density at radius 2 is 1.61 bits per heavy atom. The molecule has 0 aliphatic heterocycles. The molecule has 0 bridgehead atoms. The molecule has 0 aliphatic carbocycles. The van der Waals surface area contributed by atoms with Crippen LogP contribution in [0.5, 0.6) is 5.75 Å². The minimum atomic E-state index is -4.36. The Bertz CT molecular complexity index is 1230. The number of rotatable bonds is 13. The van der Waals surface area contributed by atoms with Crippen LogP contribution in [0.2, 0.25) is 0 Å². The first-order valence-corrected chi connectivity index (χ1v) is 13.6. The molecule has 0 heterocycles. The van der Waals surface area contributed by atoms with E-state index >= 15 is 0 Å². The van der Waals surface area contributed by atoms with Crippen molar-refractivity contribution < 1.29 is 32.3 Å². The van der Waals surface area contributed by atoms with Gasteiger partial charge in [-0.2, -0.15) is 0 Å². The first-order valence-electron chi connectivity index (χ1n) is 12.1. The number of urea groups is 1. The van der Waals surface area contributed by atoms with Crippen molar-refractivity contribution in [2.75, 3.05) is 7.11 Å². The van der Waals surface area contributed by atoms with Crippen LogP contribution in [0, 0.1) is 5.92 Å². The number of methoxy groups -OCH3 is 1. The Balaban J connectivity index is 2.04. The molecule has 38 heavy (non-hydrogen) atoms. The van der Waals surface area contributed by atoms with Crippen LogP contribution in [-0.2, 0) is 31.0 Å². The van der Waals surface area contributed by atoms with Gasteiger partial charge in [0.05, 0.1) is 18.0 Å². The summed E-state index contributed by atoms with van der Waals surface area (Å²) in [6.07, 6.45) is 0.289. The maximum absolute atomic E-state index is 13.0. The molecular weight excluding hydrogens is 512 g/mol. The number of ketones is 1. The summed E-state index contributed by atoms with van der Waals surface area (Å²) in [5.74, 6) is -2.93. The molecule has 0 fully saturated rings. The van der Waals surface area contributed by atoms with Crippen molar-refractivity contribution in [3.8, 4) is 5.75 Å². The summed E-state index contributed by atoms with van der Waals surface area (Å²) in [5.41, 5.74) is 0.874. The van der Waals surface area contributed by atoms with Crippen molar-refractivity contribution in [2.45, 2.75) is 57.1 Å². The quantitative estimate of drug-likeness (QED) is 0.279. The number of carbonyl (C=O) groups excluding carboxylic acids is 4. The fourth-order valence-electron chi connectivity index (χ4n) is 3.47. The molecule has 206 valence electrons. The fourth-order valence-corrected chi connectivity index (χ4v) is 4.47. The van der Waals surface area contributed by atoms with Crippen LogP contribution in [0.15, 0.2) is 59.5 Å². The second-order valence-corrected chi connectivity index (χ2v) is 10.6. The molecule has 0 spiro atoms. The molecule has 0 radical (unpaired) electrons. The summed E-state index contributed by atoms with van der Waals surface area (Å²) in [5, 5.41) is 7.75. The van der Waals surface area contributed by atoms with Crippen molar-refractivity contribution in [2.24, 2.45) is 5.92 Å². The summed E-state index contributed by atoms with van der Waals surface area (Å²) in [6.45, 7) is 5.54. The summed E-state index contributed by atoms with van der Waals surface area (Å²) in [6, 6.07) is 11.7. The van der Waals surface area contributed by atoms with Gasteiger partial charge in [0.2, 0.25) is 11.7 Å². The van der Waals surface area contributed by atoms with E-state index in [0.717, 1.165) is 5.56 Å². The van der Waals surface area contributed by atoms with Crippen LogP contribution in [-0.4, -0.2) is 51.2 Å². The van der Waals surface area contributed by atoms with Crippen LogP contribution in [0.4, 0.5) is 4.79 Å². The lowest BCUT2D eigenvalue weighted by atomic mass is 10.0. The van der Waals surface area contributed by atoms with Crippen LogP contribution in [0.3, 0.4) is 0 Å². The third-order valence-corrected chi connectivity index (χ3v) is 6.80. The van der Waals surface area contributed by atoms with Crippen LogP contribution >= 0.6 is 0 Å². The fraction of sp³-hybridized carbons (Fsp3) is 0.385. The van der Waals surface area contributed by atoms with E-state index < -0.39 is 45.7 Å². The highest BCUT2D eigenvalue weighted by atomic mass is 32.2. The number of hydrogen-bond donors (Lipinski definition) is 4. The summed E-state index contributed by atoms with van der Waals surface area (Å²) in [7, 11) is -3.01. The highest BCUT2D eigenvalue weighted by molar-refractivity contribution is 7.90. The van der Waals surface area contributed by atoms with Crippen LogP contribution < -0.4 is 25.4 Å². The number of Topliss-reactive ketones (excluding diaryl/α,β-unsaturated/α-hetero) is 1. The van der Waals surface area contributed by atoms with Crippen molar-refractivity contribution in [1.29, 1.82) is 0 Å². The van der Waals surface area contributed by atoms with Gasteiger partial charge in [-0.15, -0.1) is 0 Å². The molecule has 4 amide bonds. The average Bonchev–Trinajstić information content (AvgIpc) is 2.89. The third-order valence-electron chi connectivity index (χ3n) is 5.47. The number of hydrogen-bond acceptors (Lipinski definition) is 7. The van der Waals surface area contributed by atoms with Gasteiger partial charge in [-0.3, -0.25) is 14.4 Å². The van der Waals surface area contributed by atoms with Gasteiger partial charge in [-0.1, -0.05) is 57.2 Å². The molecule has 2 aromatic carbocycles. The van der Waals surface area contributed by atoms with Crippen LogP contribution in [0.1, 0.15) is 39.2 Å². The van der Waals surface area contributed by atoms with Gasteiger partial charge < -0.3 is 20.7 Å². The van der Waals surface area contributed by atoms with Crippen molar-refractivity contribution in [3.05, 3.63) is 60.2 Å². The second kappa shape index (κ2) is 14.1. The van der Waals surface area contributed by atoms with Crippen molar-refractivity contribution in [1.82, 2.24) is 20.7 Å². The predicted molar refractivity (Wildman–Crippen MR) is 141 cm³/mol. The van der Waals surface area contributed by atoms with E-state index in [1.54, 1.807) is 11.6 Å². The lowest BCUT2D eigenvalue weighted by Gasteiger charge is -2.23. The maximum Gasteiger partial charge on any atom is 0.315 e. The van der Waals surface area contributed by atoms with Gasteiger partial charge in [-0.25, -0.2) is 17.9 Å².